The number of carbonyl (C=O) groups excluding carboxylic acids is 1. The van der Waals surface area contributed by atoms with Crippen molar-refractivity contribution in [2.45, 2.75) is 26.4 Å². The number of hydrogen-bond acceptors (Lipinski definition) is 2. The quantitative estimate of drug-likeness (QED) is 0.609. The fourth-order valence-corrected chi connectivity index (χ4v) is 1.37. The first-order chi connectivity index (χ1) is 7.52. The van der Waals surface area contributed by atoms with Gasteiger partial charge in [-0.2, -0.15) is 0 Å². The van der Waals surface area contributed by atoms with Crippen LogP contribution in [0.15, 0.2) is 42.5 Å². The van der Waals surface area contributed by atoms with Crippen molar-refractivity contribution >= 4 is 5.78 Å². The highest BCUT2D eigenvalue weighted by Crippen LogP contribution is 2.16. The SMILES string of the molecule is C=C(CC(O)C(=O)c1ccccc1)C(C)C. The van der Waals surface area contributed by atoms with E-state index in [9.17, 15) is 9.90 Å². The van der Waals surface area contributed by atoms with Gasteiger partial charge in [0, 0.05) is 12.0 Å². The second-order valence-corrected chi connectivity index (χ2v) is 4.26. The van der Waals surface area contributed by atoms with E-state index in [2.05, 4.69) is 6.58 Å². The Morgan fingerprint density at radius 3 is 2.38 bits per heavy atom. The first-order valence-electron chi connectivity index (χ1n) is 5.47. The minimum atomic E-state index is -0.975. The Balaban J connectivity index is 2.65. The van der Waals surface area contributed by atoms with Gasteiger partial charge in [-0.05, 0) is 5.92 Å². The van der Waals surface area contributed by atoms with Gasteiger partial charge in [0.2, 0.25) is 0 Å². The highest BCUT2D eigenvalue weighted by atomic mass is 16.3. The van der Waals surface area contributed by atoms with Gasteiger partial charge in [0.05, 0.1) is 0 Å². The van der Waals surface area contributed by atoms with E-state index >= 15 is 0 Å². The second-order valence-electron chi connectivity index (χ2n) is 4.26. The van der Waals surface area contributed by atoms with E-state index in [4.69, 9.17) is 0 Å². The highest BCUT2D eigenvalue weighted by molar-refractivity contribution is 5.99. The number of ketones is 1. The molecule has 0 aliphatic heterocycles. The zero-order valence-corrected chi connectivity index (χ0v) is 9.81. The molecule has 0 heterocycles. The maximum atomic E-state index is 11.8. The maximum absolute atomic E-state index is 11.8. The van der Waals surface area contributed by atoms with Crippen molar-refractivity contribution in [2.75, 3.05) is 0 Å². The van der Waals surface area contributed by atoms with E-state index in [0.29, 0.717) is 17.9 Å². The predicted octanol–water partition coefficient (Wildman–Crippen LogP) is 2.83. The monoisotopic (exact) mass is 218 g/mol. The molecule has 0 saturated carbocycles. The molecule has 0 spiro atoms. The molecule has 1 atom stereocenters. The molecule has 0 aliphatic rings. The van der Waals surface area contributed by atoms with Crippen molar-refractivity contribution in [2.24, 2.45) is 5.92 Å². The molecule has 0 amide bonds. The van der Waals surface area contributed by atoms with Crippen LogP contribution in [-0.4, -0.2) is 17.0 Å². The lowest BCUT2D eigenvalue weighted by molar-refractivity contribution is 0.0744. The first-order valence-corrected chi connectivity index (χ1v) is 5.47. The van der Waals surface area contributed by atoms with Crippen molar-refractivity contribution in [1.29, 1.82) is 0 Å². The molecule has 2 nitrogen and oxygen atoms in total. The molecule has 1 rings (SSSR count). The van der Waals surface area contributed by atoms with Crippen molar-refractivity contribution in [3.05, 3.63) is 48.0 Å². The smallest absolute Gasteiger partial charge is 0.191 e. The van der Waals surface area contributed by atoms with Crippen LogP contribution in [0.5, 0.6) is 0 Å². The molecule has 1 unspecified atom stereocenters. The molecule has 16 heavy (non-hydrogen) atoms. The summed E-state index contributed by atoms with van der Waals surface area (Å²) in [6, 6.07) is 8.85. The minimum absolute atomic E-state index is 0.234. The second kappa shape index (κ2) is 5.61. The van der Waals surface area contributed by atoms with Gasteiger partial charge in [-0.1, -0.05) is 56.3 Å². The lowest BCUT2D eigenvalue weighted by atomic mass is 9.95. The van der Waals surface area contributed by atoms with Gasteiger partial charge in [-0.25, -0.2) is 0 Å². The fraction of sp³-hybridized carbons (Fsp3) is 0.357. The summed E-state index contributed by atoms with van der Waals surface area (Å²) in [4.78, 5) is 11.8. The Bertz CT molecular complexity index is 366. The van der Waals surface area contributed by atoms with Crippen LogP contribution in [0.25, 0.3) is 0 Å². The molecule has 86 valence electrons. The average molecular weight is 218 g/mol. The Morgan fingerprint density at radius 2 is 1.88 bits per heavy atom. The summed E-state index contributed by atoms with van der Waals surface area (Å²) < 4.78 is 0. The maximum Gasteiger partial charge on any atom is 0.191 e. The summed E-state index contributed by atoms with van der Waals surface area (Å²) in [5.74, 6) is 0.0561. The summed E-state index contributed by atoms with van der Waals surface area (Å²) in [7, 11) is 0. The molecule has 1 aromatic carbocycles. The van der Waals surface area contributed by atoms with Gasteiger partial charge < -0.3 is 5.11 Å². The Hall–Kier alpha value is -1.41. The van der Waals surface area contributed by atoms with E-state index < -0.39 is 6.10 Å². The number of rotatable bonds is 5. The molecule has 1 N–H and O–H groups in total. The molecule has 0 radical (unpaired) electrons. The van der Waals surface area contributed by atoms with E-state index in [1.54, 1.807) is 24.3 Å². The van der Waals surface area contributed by atoms with Crippen LogP contribution in [0.1, 0.15) is 30.6 Å². The summed E-state index contributed by atoms with van der Waals surface area (Å²) in [6.45, 7) is 7.86. The topological polar surface area (TPSA) is 37.3 Å². The van der Waals surface area contributed by atoms with Gasteiger partial charge in [0.25, 0.3) is 0 Å². The minimum Gasteiger partial charge on any atom is -0.385 e. The standard InChI is InChI=1S/C14H18O2/c1-10(2)11(3)9-13(15)14(16)12-7-5-4-6-8-12/h4-8,10,13,15H,3,9H2,1-2H3. The summed E-state index contributed by atoms with van der Waals surface area (Å²) in [5.41, 5.74) is 1.45. The third-order valence-corrected chi connectivity index (χ3v) is 2.63. The third kappa shape index (κ3) is 3.31. The zero-order chi connectivity index (χ0) is 12.1. The normalized spacial score (nSPS) is 12.5. The molecule has 0 aliphatic carbocycles. The third-order valence-electron chi connectivity index (χ3n) is 2.63. The molecule has 1 aromatic rings. The first kappa shape index (κ1) is 12.7. The summed E-state index contributed by atoms with van der Waals surface area (Å²) in [6.07, 6.45) is -0.636. The molecule has 0 aromatic heterocycles. The van der Waals surface area contributed by atoms with E-state index in [1.165, 1.54) is 0 Å². The Labute approximate surface area is 96.6 Å². The highest BCUT2D eigenvalue weighted by Gasteiger charge is 2.18. The predicted molar refractivity (Wildman–Crippen MR) is 65.4 cm³/mol. The number of aliphatic hydroxyl groups is 1. The molecule has 0 fully saturated rings. The van der Waals surface area contributed by atoms with Crippen LogP contribution in [0.4, 0.5) is 0 Å². The van der Waals surface area contributed by atoms with Gasteiger partial charge in [-0.3, -0.25) is 4.79 Å². The van der Waals surface area contributed by atoms with Crippen LogP contribution >= 0.6 is 0 Å². The van der Waals surface area contributed by atoms with Gasteiger partial charge in [0.1, 0.15) is 6.10 Å². The van der Waals surface area contributed by atoms with Gasteiger partial charge in [-0.15, -0.1) is 0 Å². The van der Waals surface area contributed by atoms with Crippen LogP contribution < -0.4 is 0 Å². The molecule has 0 bridgehead atoms. The number of Topliss-reactive ketones (excluding diaryl/α,β-unsaturated/α-hetero) is 1. The summed E-state index contributed by atoms with van der Waals surface area (Å²) >= 11 is 0. The molecule has 2 heteroatoms. The van der Waals surface area contributed by atoms with Crippen LogP contribution in [0.3, 0.4) is 0 Å². The number of aliphatic hydroxyl groups excluding tert-OH is 1. The lowest BCUT2D eigenvalue weighted by Crippen LogP contribution is -2.21. The number of carbonyl (C=O) groups is 1. The van der Waals surface area contributed by atoms with Gasteiger partial charge in [0.15, 0.2) is 5.78 Å². The Morgan fingerprint density at radius 1 is 1.31 bits per heavy atom. The zero-order valence-electron chi connectivity index (χ0n) is 9.81. The Kier molecular flexibility index (Phi) is 4.44. The largest absolute Gasteiger partial charge is 0.385 e. The van der Waals surface area contributed by atoms with Crippen molar-refractivity contribution < 1.29 is 9.90 Å². The molecule has 0 saturated heterocycles. The summed E-state index contributed by atoms with van der Waals surface area (Å²) in [5, 5.41) is 9.78. The van der Waals surface area contributed by atoms with Crippen LogP contribution in [-0.2, 0) is 0 Å². The van der Waals surface area contributed by atoms with Gasteiger partial charge >= 0.3 is 0 Å². The van der Waals surface area contributed by atoms with E-state index in [-0.39, 0.29) is 5.78 Å². The van der Waals surface area contributed by atoms with Crippen molar-refractivity contribution in [3.8, 4) is 0 Å². The fourth-order valence-electron chi connectivity index (χ4n) is 1.37. The molecular formula is C14H18O2. The average Bonchev–Trinajstić information content (AvgIpc) is 2.28. The van der Waals surface area contributed by atoms with Crippen molar-refractivity contribution in [3.63, 3.8) is 0 Å². The van der Waals surface area contributed by atoms with Crippen LogP contribution in [0, 0.1) is 5.92 Å². The number of benzene rings is 1. The van der Waals surface area contributed by atoms with Crippen molar-refractivity contribution in [1.82, 2.24) is 0 Å². The van der Waals surface area contributed by atoms with Crippen LogP contribution in [0.2, 0.25) is 0 Å². The molecular weight excluding hydrogens is 200 g/mol. The lowest BCUT2D eigenvalue weighted by Gasteiger charge is -2.14. The van der Waals surface area contributed by atoms with E-state index in [1.807, 2.05) is 19.9 Å². The number of hydrogen-bond donors (Lipinski definition) is 1. The van der Waals surface area contributed by atoms with E-state index in [0.717, 1.165) is 5.57 Å².